The van der Waals surface area contributed by atoms with Crippen LogP contribution >= 0.6 is 0 Å². The van der Waals surface area contributed by atoms with Crippen LogP contribution in [0.5, 0.6) is 0 Å². The fourth-order valence-corrected chi connectivity index (χ4v) is 3.51. The summed E-state index contributed by atoms with van der Waals surface area (Å²) < 4.78 is 39.7. The van der Waals surface area contributed by atoms with Gasteiger partial charge in [-0.25, -0.2) is 17.5 Å². The zero-order valence-electron chi connectivity index (χ0n) is 13.7. The Morgan fingerprint density at radius 1 is 1.04 bits per heavy atom. The van der Waals surface area contributed by atoms with Crippen molar-refractivity contribution in [1.29, 1.82) is 0 Å². The molecule has 2 rings (SSSR count). The number of carbonyl (C=O) groups excluding carboxylic acids is 1. The van der Waals surface area contributed by atoms with Crippen molar-refractivity contribution < 1.29 is 17.6 Å². The number of benzene rings is 2. The third-order valence-electron chi connectivity index (χ3n) is 3.51. The van der Waals surface area contributed by atoms with Gasteiger partial charge in [0.15, 0.2) is 0 Å². The molecule has 0 saturated carbocycles. The van der Waals surface area contributed by atoms with Crippen LogP contribution in [-0.2, 0) is 14.8 Å². The number of hydrogen-bond donors (Lipinski definition) is 2. The van der Waals surface area contributed by atoms with Crippen molar-refractivity contribution in [2.45, 2.75) is 25.7 Å². The van der Waals surface area contributed by atoms with Gasteiger partial charge in [0.2, 0.25) is 15.9 Å². The van der Waals surface area contributed by atoms with E-state index in [1.54, 1.807) is 6.07 Å². The quantitative estimate of drug-likeness (QED) is 0.870. The van der Waals surface area contributed by atoms with Crippen LogP contribution in [0.1, 0.15) is 16.7 Å². The molecule has 0 aliphatic heterocycles. The van der Waals surface area contributed by atoms with Crippen molar-refractivity contribution in [3.8, 4) is 0 Å². The molecule has 0 fully saturated rings. The number of sulfonamides is 1. The van der Waals surface area contributed by atoms with Crippen LogP contribution in [0.2, 0.25) is 0 Å². The molecule has 2 aromatic rings. The van der Waals surface area contributed by atoms with E-state index in [0.717, 1.165) is 23.3 Å². The average Bonchev–Trinajstić information content (AvgIpc) is 2.48. The van der Waals surface area contributed by atoms with Crippen LogP contribution in [0, 0.1) is 26.6 Å². The highest BCUT2D eigenvalue weighted by molar-refractivity contribution is 7.89. The Hall–Kier alpha value is -2.25. The van der Waals surface area contributed by atoms with E-state index in [1.807, 2.05) is 26.0 Å². The number of anilines is 1. The van der Waals surface area contributed by atoms with Crippen molar-refractivity contribution in [3.05, 3.63) is 58.9 Å². The molecule has 0 atom stereocenters. The Morgan fingerprint density at radius 2 is 1.75 bits per heavy atom. The van der Waals surface area contributed by atoms with Crippen molar-refractivity contribution >= 4 is 21.6 Å². The van der Waals surface area contributed by atoms with E-state index in [9.17, 15) is 17.6 Å². The molecular formula is C17H19FN2O3S. The van der Waals surface area contributed by atoms with Crippen molar-refractivity contribution in [2.24, 2.45) is 0 Å². The van der Waals surface area contributed by atoms with Gasteiger partial charge in [0.05, 0.1) is 11.4 Å². The minimum absolute atomic E-state index is 0.0526. The lowest BCUT2D eigenvalue weighted by Gasteiger charge is -2.11. The maximum atomic E-state index is 13.1. The van der Waals surface area contributed by atoms with Crippen LogP contribution in [0.4, 0.5) is 10.1 Å². The van der Waals surface area contributed by atoms with Gasteiger partial charge in [0, 0.05) is 5.69 Å². The minimum Gasteiger partial charge on any atom is -0.325 e. The van der Waals surface area contributed by atoms with Gasteiger partial charge >= 0.3 is 0 Å². The van der Waals surface area contributed by atoms with Gasteiger partial charge in [-0.1, -0.05) is 17.7 Å². The third-order valence-corrected chi connectivity index (χ3v) is 5.07. The van der Waals surface area contributed by atoms with Crippen LogP contribution in [0.15, 0.2) is 41.3 Å². The van der Waals surface area contributed by atoms with Gasteiger partial charge in [-0.15, -0.1) is 0 Å². The third kappa shape index (κ3) is 4.39. The van der Waals surface area contributed by atoms with E-state index in [0.29, 0.717) is 5.69 Å². The van der Waals surface area contributed by atoms with Crippen molar-refractivity contribution in [2.75, 3.05) is 11.9 Å². The van der Waals surface area contributed by atoms with Crippen LogP contribution < -0.4 is 10.0 Å². The smallest absolute Gasteiger partial charge is 0.241 e. The summed E-state index contributed by atoms with van der Waals surface area (Å²) in [5.74, 6) is -0.996. The summed E-state index contributed by atoms with van der Waals surface area (Å²) in [6.45, 7) is 4.88. The molecule has 0 unspecified atom stereocenters. The van der Waals surface area contributed by atoms with E-state index in [-0.39, 0.29) is 10.5 Å². The van der Waals surface area contributed by atoms with Crippen LogP contribution in [0.3, 0.4) is 0 Å². The SMILES string of the molecule is Cc1ccc(NC(=O)CNS(=O)(=O)c2ccc(F)cc2C)c(C)c1. The molecule has 0 aromatic heterocycles. The van der Waals surface area contributed by atoms with Gasteiger partial charge in [0.1, 0.15) is 5.82 Å². The number of carbonyl (C=O) groups is 1. The van der Waals surface area contributed by atoms with E-state index >= 15 is 0 Å². The second-order valence-corrected chi connectivity index (χ2v) is 7.34. The van der Waals surface area contributed by atoms with E-state index in [4.69, 9.17) is 0 Å². The van der Waals surface area contributed by atoms with Gasteiger partial charge in [0.25, 0.3) is 0 Å². The highest BCUT2D eigenvalue weighted by Crippen LogP contribution is 2.17. The van der Waals surface area contributed by atoms with Crippen molar-refractivity contribution in [1.82, 2.24) is 4.72 Å². The lowest BCUT2D eigenvalue weighted by atomic mass is 10.1. The maximum Gasteiger partial charge on any atom is 0.241 e. The molecule has 0 heterocycles. The summed E-state index contributed by atoms with van der Waals surface area (Å²) >= 11 is 0. The molecule has 0 bridgehead atoms. The first kappa shape index (κ1) is 18.1. The lowest BCUT2D eigenvalue weighted by Crippen LogP contribution is -2.33. The largest absolute Gasteiger partial charge is 0.325 e. The highest BCUT2D eigenvalue weighted by atomic mass is 32.2. The molecule has 0 aliphatic carbocycles. The molecule has 0 spiro atoms. The van der Waals surface area contributed by atoms with Gasteiger partial charge < -0.3 is 5.32 Å². The lowest BCUT2D eigenvalue weighted by molar-refractivity contribution is -0.115. The summed E-state index contributed by atoms with van der Waals surface area (Å²) in [5.41, 5.74) is 2.86. The number of aryl methyl sites for hydroxylation is 3. The van der Waals surface area contributed by atoms with E-state index in [2.05, 4.69) is 10.0 Å². The molecule has 2 aromatic carbocycles. The fourth-order valence-electron chi connectivity index (χ4n) is 2.30. The van der Waals surface area contributed by atoms with Crippen molar-refractivity contribution in [3.63, 3.8) is 0 Å². The Labute approximate surface area is 141 Å². The zero-order valence-corrected chi connectivity index (χ0v) is 14.5. The predicted octanol–water partition coefficient (Wildman–Crippen LogP) is 2.67. The summed E-state index contributed by atoms with van der Waals surface area (Å²) in [7, 11) is -3.89. The molecular weight excluding hydrogens is 331 g/mol. The summed E-state index contributed by atoms with van der Waals surface area (Å²) in [5, 5.41) is 2.66. The first-order chi connectivity index (χ1) is 11.2. The van der Waals surface area contributed by atoms with E-state index < -0.39 is 28.3 Å². The standard InChI is InChI=1S/C17H19FN2O3S/c1-11-4-6-15(12(2)8-11)20-17(21)10-19-24(22,23)16-7-5-14(18)9-13(16)3/h4-9,19H,10H2,1-3H3,(H,20,21). The van der Waals surface area contributed by atoms with Gasteiger partial charge in [-0.3, -0.25) is 4.79 Å². The monoisotopic (exact) mass is 350 g/mol. The summed E-state index contributed by atoms with van der Waals surface area (Å²) in [6, 6.07) is 8.91. The Bertz CT molecular complexity index is 879. The molecule has 2 N–H and O–H groups in total. The van der Waals surface area contributed by atoms with Crippen LogP contribution in [-0.4, -0.2) is 20.9 Å². The van der Waals surface area contributed by atoms with Gasteiger partial charge in [-0.2, -0.15) is 0 Å². The Kier molecular flexibility index (Phi) is 5.36. The molecule has 5 nitrogen and oxygen atoms in total. The highest BCUT2D eigenvalue weighted by Gasteiger charge is 2.18. The maximum absolute atomic E-state index is 13.1. The summed E-state index contributed by atoms with van der Waals surface area (Å²) in [6.07, 6.45) is 0. The van der Waals surface area contributed by atoms with Gasteiger partial charge in [-0.05, 0) is 56.2 Å². The number of amides is 1. The normalized spacial score (nSPS) is 11.3. The predicted molar refractivity (Wildman–Crippen MR) is 90.9 cm³/mol. The molecule has 0 saturated heterocycles. The minimum atomic E-state index is -3.89. The molecule has 24 heavy (non-hydrogen) atoms. The molecule has 128 valence electrons. The molecule has 1 amide bonds. The zero-order chi connectivity index (χ0) is 17.9. The number of halogens is 1. The summed E-state index contributed by atoms with van der Waals surface area (Å²) in [4.78, 5) is 11.9. The van der Waals surface area contributed by atoms with E-state index in [1.165, 1.54) is 13.0 Å². The van der Waals surface area contributed by atoms with Crippen LogP contribution in [0.25, 0.3) is 0 Å². The first-order valence-corrected chi connectivity index (χ1v) is 8.80. The first-order valence-electron chi connectivity index (χ1n) is 7.32. The molecule has 0 aliphatic rings. The average molecular weight is 350 g/mol. The topological polar surface area (TPSA) is 75.3 Å². The number of nitrogens with one attached hydrogen (secondary N) is 2. The number of hydrogen-bond acceptors (Lipinski definition) is 3. The number of rotatable bonds is 5. The Balaban J connectivity index is 2.05. The second-order valence-electron chi connectivity index (χ2n) is 5.60. The molecule has 0 radical (unpaired) electrons. The second kappa shape index (κ2) is 7.11. The Morgan fingerprint density at radius 3 is 2.38 bits per heavy atom. The fraction of sp³-hybridized carbons (Fsp3) is 0.235. The molecule has 7 heteroatoms.